The fourth-order valence-corrected chi connectivity index (χ4v) is 4.25. The minimum absolute atomic E-state index is 0.131. The van der Waals surface area contributed by atoms with Crippen LogP contribution in [0.3, 0.4) is 0 Å². The van der Waals surface area contributed by atoms with Crippen molar-refractivity contribution in [2.75, 3.05) is 6.54 Å². The first-order valence-corrected chi connectivity index (χ1v) is 8.52. The Bertz CT molecular complexity index is 612. The minimum Gasteiger partial charge on any atom is -0.331 e. The molecular weight excluding hydrogens is 286 g/mol. The molecule has 0 aromatic carbocycles. The summed E-state index contributed by atoms with van der Waals surface area (Å²) in [6.45, 7) is 2.95. The highest BCUT2D eigenvalue weighted by Crippen LogP contribution is 2.34. The predicted octanol–water partition coefficient (Wildman–Crippen LogP) is 4.49. The Labute approximate surface area is 127 Å². The molecule has 0 bridgehead atoms. The maximum Gasteiger partial charge on any atom is 0.247 e. The first-order chi connectivity index (χ1) is 9.74. The van der Waals surface area contributed by atoms with Crippen LogP contribution in [-0.4, -0.2) is 17.4 Å². The summed E-state index contributed by atoms with van der Waals surface area (Å²) < 4.78 is 0. The Kier molecular flexibility index (Phi) is 4.03. The van der Waals surface area contributed by atoms with Gasteiger partial charge in [0.2, 0.25) is 5.91 Å². The van der Waals surface area contributed by atoms with Crippen molar-refractivity contribution < 1.29 is 4.79 Å². The van der Waals surface area contributed by atoms with Crippen LogP contribution in [0.15, 0.2) is 35.7 Å². The minimum atomic E-state index is 0.131. The van der Waals surface area contributed by atoms with E-state index in [1.165, 1.54) is 9.75 Å². The predicted molar refractivity (Wildman–Crippen MR) is 86.1 cm³/mol. The lowest BCUT2D eigenvalue weighted by atomic mass is 10.2. The Morgan fingerprint density at radius 2 is 2.30 bits per heavy atom. The number of hydrogen-bond donors (Lipinski definition) is 0. The van der Waals surface area contributed by atoms with E-state index in [0.717, 1.165) is 24.3 Å². The molecule has 3 rings (SSSR count). The van der Waals surface area contributed by atoms with Gasteiger partial charge in [0.15, 0.2) is 0 Å². The number of likely N-dealkylation sites (tertiary alicyclic amines) is 1. The smallest absolute Gasteiger partial charge is 0.247 e. The molecule has 20 heavy (non-hydrogen) atoms. The zero-order valence-electron chi connectivity index (χ0n) is 11.4. The molecule has 2 aromatic rings. The van der Waals surface area contributed by atoms with Gasteiger partial charge in [-0.1, -0.05) is 6.07 Å². The topological polar surface area (TPSA) is 20.3 Å². The normalized spacial score (nSPS) is 19.1. The highest BCUT2D eigenvalue weighted by molar-refractivity contribution is 7.12. The molecule has 0 aliphatic carbocycles. The Balaban J connectivity index is 1.71. The second-order valence-corrected chi connectivity index (χ2v) is 7.29. The van der Waals surface area contributed by atoms with Crippen LogP contribution in [0.2, 0.25) is 0 Å². The van der Waals surface area contributed by atoms with Gasteiger partial charge in [-0.2, -0.15) is 0 Å². The van der Waals surface area contributed by atoms with Gasteiger partial charge in [0.25, 0.3) is 0 Å². The van der Waals surface area contributed by atoms with E-state index in [4.69, 9.17) is 0 Å². The number of rotatable bonds is 3. The van der Waals surface area contributed by atoms with Gasteiger partial charge in [-0.25, -0.2) is 0 Å². The molecule has 0 radical (unpaired) electrons. The lowest BCUT2D eigenvalue weighted by Crippen LogP contribution is -2.28. The van der Waals surface area contributed by atoms with E-state index in [1.807, 2.05) is 11.0 Å². The SMILES string of the molecule is Cc1ccc(/C=C/C(=O)N2CCCC2c2cccs2)s1. The van der Waals surface area contributed by atoms with Crippen LogP contribution in [0, 0.1) is 6.92 Å². The molecule has 2 nitrogen and oxygen atoms in total. The van der Waals surface area contributed by atoms with Crippen LogP contribution in [0.4, 0.5) is 0 Å². The molecule has 1 saturated heterocycles. The Hall–Kier alpha value is -1.39. The van der Waals surface area contributed by atoms with E-state index in [9.17, 15) is 4.79 Å². The third-order valence-electron chi connectivity index (χ3n) is 3.56. The van der Waals surface area contributed by atoms with Crippen LogP contribution in [0.1, 0.15) is 33.5 Å². The summed E-state index contributed by atoms with van der Waals surface area (Å²) in [5.41, 5.74) is 0. The van der Waals surface area contributed by atoms with E-state index in [2.05, 4.69) is 36.6 Å². The quantitative estimate of drug-likeness (QED) is 0.765. The van der Waals surface area contributed by atoms with Gasteiger partial charge in [0.1, 0.15) is 0 Å². The third kappa shape index (κ3) is 2.86. The summed E-state index contributed by atoms with van der Waals surface area (Å²) in [5.74, 6) is 0.131. The summed E-state index contributed by atoms with van der Waals surface area (Å²) >= 11 is 3.46. The van der Waals surface area contributed by atoms with E-state index >= 15 is 0 Å². The van der Waals surface area contributed by atoms with Crippen LogP contribution < -0.4 is 0 Å². The second kappa shape index (κ2) is 5.94. The van der Waals surface area contributed by atoms with Gasteiger partial charge in [0.05, 0.1) is 6.04 Å². The number of carbonyl (C=O) groups is 1. The van der Waals surface area contributed by atoms with Gasteiger partial charge in [-0.3, -0.25) is 4.79 Å². The lowest BCUT2D eigenvalue weighted by molar-refractivity contribution is -0.126. The average Bonchev–Trinajstić information content (AvgIpc) is 3.16. The highest BCUT2D eigenvalue weighted by Gasteiger charge is 2.29. The van der Waals surface area contributed by atoms with Crippen molar-refractivity contribution in [3.63, 3.8) is 0 Å². The Morgan fingerprint density at radius 3 is 3.00 bits per heavy atom. The van der Waals surface area contributed by atoms with Gasteiger partial charge < -0.3 is 4.90 Å². The monoisotopic (exact) mass is 303 g/mol. The molecular formula is C16H17NOS2. The van der Waals surface area contributed by atoms with Gasteiger partial charge in [0, 0.05) is 27.3 Å². The molecule has 1 fully saturated rings. The second-order valence-electron chi connectivity index (χ2n) is 4.99. The Morgan fingerprint density at radius 1 is 1.40 bits per heavy atom. The number of carbonyl (C=O) groups excluding carboxylic acids is 1. The first-order valence-electron chi connectivity index (χ1n) is 6.82. The molecule has 2 aromatic heterocycles. The van der Waals surface area contributed by atoms with E-state index in [1.54, 1.807) is 28.7 Å². The highest BCUT2D eigenvalue weighted by atomic mass is 32.1. The van der Waals surface area contributed by atoms with Gasteiger partial charge in [-0.15, -0.1) is 22.7 Å². The molecule has 4 heteroatoms. The zero-order chi connectivity index (χ0) is 13.9. The molecule has 1 aliphatic rings. The molecule has 104 valence electrons. The standard InChI is InChI=1S/C16H17NOS2/c1-12-6-7-13(20-12)8-9-16(18)17-10-2-4-14(17)15-5-3-11-19-15/h3,5-9,11,14H,2,4,10H2,1H3/b9-8+. The molecule has 1 atom stereocenters. The summed E-state index contributed by atoms with van der Waals surface area (Å²) in [6.07, 6.45) is 5.83. The van der Waals surface area contributed by atoms with Crippen molar-refractivity contribution in [3.8, 4) is 0 Å². The van der Waals surface area contributed by atoms with E-state index in [0.29, 0.717) is 0 Å². The number of hydrogen-bond acceptors (Lipinski definition) is 3. The summed E-state index contributed by atoms with van der Waals surface area (Å²) in [7, 11) is 0. The van der Waals surface area contributed by atoms with E-state index < -0.39 is 0 Å². The molecule has 1 unspecified atom stereocenters. The lowest BCUT2D eigenvalue weighted by Gasteiger charge is -2.22. The fraction of sp³-hybridized carbons (Fsp3) is 0.312. The molecule has 1 amide bonds. The molecule has 0 N–H and O–H groups in total. The third-order valence-corrected chi connectivity index (χ3v) is 5.50. The number of aryl methyl sites for hydroxylation is 1. The number of amides is 1. The average molecular weight is 303 g/mol. The van der Waals surface area contributed by atoms with Gasteiger partial charge >= 0.3 is 0 Å². The summed E-state index contributed by atoms with van der Waals surface area (Å²) in [6, 6.07) is 8.61. The maximum absolute atomic E-state index is 12.4. The van der Waals surface area contributed by atoms with Crippen molar-refractivity contribution in [2.24, 2.45) is 0 Å². The van der Waals surface area contributed by atoms with Crippen LogP contribution >= 0.6 is 22.7 Å². The van der Waals surface area contributed by atoms with Crippen LogP contribution in [-0.2, 0) is 4.79 Å². The summed E-state index contributed by atoms with van der Waals surface area (Å²) in [4.78, 5) is 18.1. The number of nitrogens with zero attached hydrogens (tertiary/aromatic N) is 1. The van der Waals surface area contributed by atoms with Gasteiger partial charge in [-0.05, 0) is 49.4 Å². The van der Waals surface area contributed by atoms with Crippen LogP contribution in [0.25, 0.3) is 6.08 Å². The van der Waals surface area contributed by atoms with E-state index in [-0.39, 0.29) is 11.9 Å². The fourth-order valence-electron chi connectivity index (χ4n) is 2.60. The largest absolute Gasteiger partial charge is 0.331 e. The molecule has 0 saturated carbocycles. The van der Waals surface area contributed by atoms with Crippen LogP contribution in [0.5, 0.6) is 0 Å². The maximum atomic E-state index is 12.4. The first kappa shape index (κ1) is 13.6. The van der Waals surface area contributed by atoms with Crippen molar-refractivity contribution in [2.45, 2.75) is 25.8 Å². The molecule has 3 heterocycles. The van der Waals surface area contributed by atoms with Crippen molar-refractivity contribution in [1.82, 2.24) is 4.90 Å². The van der Waals surface area contributed by atoms with Crippen molar-refractivity contribution in [1.29, 1.82) is 0 Å². The number of thiophene rings is 2. The molecule has 1 aliphatic heterocycles. The summed E-state index contributed by atoms with van der Waals surface area (Å²) in [5, 5.41) is 2.08. The van der Waals surface area contributed by atoms with Crippen molar-refractivity contribution >= 4 is 34.7 Å². The molecule has 0 spiro atoms. The van der Waals surface area contributed by atoms with Crippen molar-refractivity contribution in [3.05, 3.63) is 50.4 Å². The zero-order valence-corrected chi connectivity index (χ0v) is 13.0.